The minimum Gasteiger partial charge on any atom is -0.457 e. The summed E-state index contributed by atoms with van der Waals surface area (Å²) in [6, 6.07) is 9.82. The summed E-state index contributed by atoms with van der Waals surface area (Å²) in [5, 5.41) is 11.6. The second-order valence-corrected chi connectivity index (χ2v) is 7.42. The summed E-state index contributed by atoms with van der Waals surface area (Å²) in [7, 11) is 0. The molecule has 8 heteroatoms. The Morgan fingerprint density at radius 1 is 1.24 bits per heavy atom. The van der Waals surface area contributed by atoms with Gasteiger partial charge >= 0.3 is 5.97 Å². The number of nitro groups is 1. The average molecular weight is 398 g/mol. The Kier molecular flexibility index (Phi) is 5.24. The molecule has 0 radical (unpaired) electrons. The van der Waals surface area contributed by atoms with Crippen molar-refractivity contribution in [3.05, 3.63) is 57.6 Å². The Labute approximate surface area is 168 Å². The van der Waals surface area contributed by atoms with Crippen LogP contribution in [0.25, 0.3) is 0 Å². The van der Waals surface area contributed by atoms with Gasteiger partial charge in [0.2, 0.25) is 6.79 Å². The van der Waals surface area contributed by atoms with Crippen molar-refractivity contribution in [3.63, 3.8) is 0 Å². The van der Waals surface area contributed by atoms with E-state index in [4.69, 9.17) is 14.2 Å². The highest BCUT2D eigenvalue weighted by atomic mass is 16.7. The summed E-state index contributed by atoms with van der Waals surface area (Å²) in [5.41, 5.74) is 1.38. The molecule has 0 amide bonds. The van der Waals surface area contributed by atoms with Gasteiger partial charge in [-0.25, -0.2) is 4.79 Å². The molecule has 0 unspecified atom stereocenters. The number of ether oxygens (including phenoxy) is 3. The number of hydrogen-bond acceptors (Lipinski definition) is 7. The van der Waals surface area contributed by atoms with Crippen molar-refractivity contribution in [3.8, 4) is 11.5 Å². The topological polar surface area (TPSA) is 91.1 Å². The first-order valence-electron chi connectivity index (χ1n) is 9.60. The largest absolute Gasteiger partial charge is 0.457 e. The maximum absolute atomic E-state index is 12.5. The molecule has 1 fully saturated rings. The van der Waals surface area contributed by atoms with E-state index in [2.05, 4.69) is 6.92 Å². The molecular weight excluding hydrogens is 376 g/mol. The number of hydrogen-bond donors (Lipinski definition) is 0. The van der Waals surface area contributed by atoms with Gasteiger partial charge in [0.05, 0.1) is 10.5 Å². The minimum absolute atomic E-state index is 0.0364. The Hall–Kier alpha value is -3.29. The lowest BCUT2D eigenvalue weighted by atomic mass is 9.99. The van der Waals surface area contributed by atoms with E-state index in [9.17, 15) is 14.9 Å². The molecule has 2 aromatic rings. The van der Waals surface area contributed by atoms with Crippen LogP contribution in [0, 0.1) is 16.0 Å². The lowest BCUT2D eigenvalue weighted by Crippen LogP contribution is -2.34. The van der Waals surface area contributed by atoms with Gasteiger partial charge in [-0.1, -0.05) is 13.0 Å². The van der Waals surface area contributed by atoms with Gasteiger partial charge in [-0.2, -0.15) is 0 Å². The highest BCUT2D eigenvalue weighted by Crippen LogP contribution is 2.34. The van der Waals surface area contributed by atoms with Gasteiger partial charge in [-0.05, 0) is 48.6 Å². The van der Waals surface area contributed by atoms with Crippen LogP contribution in [-0.4, -0.2) is 30.8 Å². The van der Waals surface area contributed by atoms with Gasteiger partial charge in [0.15, 0.2) is 11.5 Å². The SMILES string of the molecule is C[C@H]1CCCN(c2ccc(C(=O)OCc3ccc4c(c3)OCO4)cc2[N+](=O)[O-])C1. The summed E-state index contributed by atoms with van der Waals surface area (Å²) in [5.74, 6) is 1.13. The number of nitrogens with zero attached hydrogens (tertiary/aromatic N) is 2. The van der Waals surface area contributed by atoms with Crippen molar-refractivity contribution in [2.75, 3.05) is 24.8 Å². The number of esters is 1. The molecule has 4 rings (SSSR count). The van der Waals surface area contributed by atoms with Crippen LogP contribution < -0.4 is 14.4 Å². The summed E-state index contributed by atoms with van der Waals surface area (Å²) in [6.07, 6.45) is 2.12. The van der Waals surface area contributed by atoms with Crippen LogP contribution in [0.2, 0.25) is 0 Å². The highest BCUT2D eigenvalue weighted by Gasteiger charge is 2.25. The molecule has 0 N–H and O–H groups in total. The molecule has 1 saturated heterocycles. The number of carbonyl (C=O) groups is 1. The zero-order chi connectivity index (χ0) is 20.4. The summed E-state index contributed by atoms with van der Waals surface area (Å²) in [4.78, 5) is 25.6. The van der Waals surface area contributed by atoms with E-state index in [1.807, 2.05) is 4.90 Å². The van der Waals surface area contributed by atoms with Crippen molar-refractivity contribution in [2.45, 2.75) is 26.4 Å². The second-order valence-electron chi connectivity index (χ2n) is 7.42. The first-order chi connectivity index (χ1) is 14.0. The zero-order valence-corrected chi connectivity index (χ0v) is 16.1. The first-order valence-corrected chi connectivity index (χ1v) is 9.60. The van der Waals surface area contributed by atoms with E-state index in [0.717, 1.165) is 31.5 Å². The van der Waals surface area contributed by atoms with E-state index >= 15 is 0 Å². The first kappa shape index (κ1) is 19.0. The zero-order valence-electron chi connectivity index (χ0n) is 16.1. The van der Waals surface area contributed by atoms with Crippen LogP contribution in [0.4, 0.5) is 11.4 Å². The van der Waals surface area contributed by atoms with E-state index < -0.39 is 10.9 Å². The van der Waals surface area contributed by atoms with Gasteiger partial charge in [-0.3, -0.25) is 10.1 Å². The van der Waals surface area contributed by atoms with E-state index in [0.29, 0.717) is 23.1 Å². The van der Waals surface area contributed by atoms with Crippen LogP contribution in [0.15, 0.2) is 36.4 Å². The Balaban J connectivity index is 1.48. The molecule has 1 atom stereocenters. The summed E-state index contributed by atoms with van der Waals surface area (Å²) >= 11 is 0. The van der Waals surface area contributed by atoms with Crippen LogP contribution in [0.5, 0.6) is 11.5 Å². The molecule has 0 saturated carbocycles. The van der Waals surface area contributed by atoms with Gasteiger partial charge in [-0.15, -0.1) is 0 Å². The quantitative estimate of drug-likeness (QED) is 0.428. The number of carbonyl (C=O) groups excluding carboxylic acids is 1. The fourth-order valence-electron chi connectivity index (χ4n) is 3.74. The van der Waals surface area contributed by atoms with E-state index in [1.54, 1.807) is 30.3 Å². The Bertz CT molecular complexity index is 945. The van der Waals surface area contributed by atoms with Crippen molar-refractivity contribution in [1.29, 1.82) is 0 Å². The third-order valence-corrected chi connectivity index (χ3v) is 5.21. The third-order valence-electron chi connectivity index (χ3n) is 5.21. The van der Waals surface area contributed by atoms with Gasteiger partial charge < -0.3 is 19.1 Å². The fraction of sp³-hybridized carbons (Fsp3) is 0.381. The lowest BCUT2D eigenvalue weighted by Gasteiger charge is -2.32. The van der Waals surface area contributed by atoms with Crippen LogP contribution >= 0.6 is 0 Å². The number of benzene rings is 2. The van der Waals surface area contributed by atoms with Crippen molar-refractivity contribution >= 4 is 17.3 Å². The molecule has 29 heavy (non-hydrogen) atoms. The number of piperidine rings is 1. The van der Waals surface area contributed by atoms with E-state index in [1.165, 1.54) is 6.07 Å². The lowest BCUT2D eigenvalue weighted by molar-refractivity contribution is -0.384. The molecular formula is C21H22N2O6. The highest BCUT2D eigenvalue weighted by molar-refractivity contribution is 5.91. The molecule has 0 spiro atoms. The number of fused-ring (bicyclic) bond motifs is 1. The standard InChI is InChI=1S/C21H22N2O6/c1-14-3-2-8-22(11-14)17-6-5-16(10-18(17)23(25)26)21(24)27-12-15-4-7-19-20(9-15)29-13-28-19/h4-7,9-10,14H,2-3,8,11-13H2,1H3/t14-/m0/s1. The predicted molar refractivity (Wildman–Crippen MR) is 105 cm³/mol. The predicted octanol–water partition coefficient (Wildman–Crippen LogP) is 3.92. The van der Waals surface area contributed by atoms with Gasteiger partial charge in [0.25, 0.3) is 5.69 Å². The maximum Gasteiger partial charge on any atom is 0.338 e. The molecule has 0 aromatic heterocycles. The Morgan fingerprint density at radius 2 is 2.07 bits per heavy atom. The molecule has 0 bridgehead atoms. The van der Waals surface area contributed by atoms with Crippen molar-refractivity contribution in [1.82, 2.24) is 0 Å². The monoisotopic (exact) mass is 398 g/mol. The van der Waals surface area contributed by atoms with Crippen LogP contribution in [0.1, 0.15) is 35.7 Å². The minimum atomic E-state index is -0.607. The summed E-state index contributed by atoms with van der Waals surface area (Å²) < 4.78 is 15.9. The molecule has 2 aromatic carbocycles. The number of rotatable bonds is 5. The fourth-order valence-corrected chi connectivity index (χ4v) is 3.74. The maximum atomic E-state index is 12.5. The summed E-state index contributed by atoms with van der Waals surface area (Å²) in [6.45, 7) is 3.90. The Morgan fingerprint density at radius 3 is 2.86 bits per heavy atom. The van der Waals surface area contributed by atoms with Crippen LogP contribution in [-0.2, 0) is 11.3 Å². The van der Waals surface area contributed by atoms with E-state index in [-0.39, 0.29) is 24.7 Å². The molecule has 152 valence electrons. The molecule has 8 nitrogen and oxygen atoms in total. The number of nitro benzene ring substituents is 1. The number of anilines is 1. The van der Waals surface area contributed by atoms with Crippen molar-refractivity contribution < 1.29 is 23.9 Å². The van der Waals surface area contributed by atoms with Crippen molar-refractivity contribution in [2.24, 2.45) is 5.92 Å². The molecule has 2 heterocycles. The molecule has 2 aliphatic heterocycles. The smallest absolute Gasteiger partial charge is 0.338 e. The van der Waals surface area contributed by atoms with Gasteiger partial charge in [0.1, 0.15) is 12.3 Å². The third kappa shape index (κ3) is 4.11. The second kappa shape index (κ2) is 7.98. The van der Waals surface area contributed by atoms with Gasteiger partial charge in [0, 0.05) is 19.2 Å². The van der Waals surface area contributed by atoms with Crippen LogP contribution in [0.3, 0.4) is 0 Å². The molecule has 2 aliphatic rings. The molecule has 0 aliphatic carbocycles. The normalized spacial score (nSPS) is 17.8. The average Bonchev–Trinajstić information content (AvgIpc) is 3.19.